The first-order valence-corrected chi connectivity index (χ1v) is 4.95. The zero-order valence-corrected chi connectivity index (χ0v) is 8.86. The lowest BCUT2D eigenvalue weighted by atomic mass is 10.0. The van der Waals surface area contributed by atoms with Gasteiger partial charge < -0.3 is 9.84 Å². The van der Waals surface area contributed by atoms with Crippen LogP contribution in [0.25, 0.3) is 0 Å². The van der Waals surface area contributed by atoms with Gasteiger partial charge in [-0.05, 0) is 31.0 Å². The van der Waals surface area contributed by atoms with Gasteiger partial charge in [0.15, 0.2) is 0 Å². The molecule has 3 nitrogen and oxygen atoms in total. The van der Waals surface area contributed by atoms with Gasteiger partial charge >= 0.3 is 5.97 Å². The van der Waals surface area contributed by atoms with Crippen LogP contribution in [0.4, 0.5) is 0 Å². The number of carbonyl (C=O) groups is 1. The van der Waals surface area contributed by atoms with Crippen molar-refractivity contribution in [1.82, 2.24) is 0 Å². The molecule has 1 fully saturated rings. The third-order valence-electron chi connectivity index (χ3n) is 3.24. The summed E-state index contributed by atoms with van der Waals surface area (Å²) in [5.74, 6) is 0.251. The molecule has 0 unspecified atom stereocenters. The van der Waals surface area contributed by atoms with Crippen LogP contribution in [0.3, 0.4) is 0 Å². The van der Waals surface area contributed by atoms with Crippen molar-refractivity contribution in [3.8, 4) is 5.75 Å². The van der Waals surface area contributed by atoms with Crippen LogP contribution in [0, 0.1) is 5.41 Å². The smallest absolute Gasteiger partial charge is 0.309 e. The summed E-state index contributed by atoms with van der Waals surface area (Å²) >= 11 is 0. The van der Waals surface area contributed by atoms with Crippen LogP contribution in [-0.2, 0) is 4.79 Å². The molecule has 2 atom stereocenters. The zero-order valence-electron chi connectivity index (χ0n) is 8.86. The van der Waals surface area contributed by atoms with E-state index in [1.807, 2.05) is 24.3 Å². The minimum atomic E-state index is -0.705. The van der Waals surface area contributed by atoms with Crippen LogP contribution < -0.4 is 4.74 Å². The van der Waals surface area contributed by atoms with Gasteiger partial charge in [-0.25, -0.2) is 0 Å². The Bertz CT molecular complexity index is 382. The van der Waals surface area contributed by atoms with Crippen molar-refractivity contribution in [2.75, 3.05) is 7.11 Å². The van der Waals surface area contributed by atoms with Gasteiger partial charge in [-0.1, -0.05) is 12.1 Å². The first-order chi connectivity index (χ1) is 7.08. The number of hydrogen-bond acceptors (Lipinski definition) is 2. The molecule has 0 spiro atoms. The highest BCUT2D eigenvalue weighted by Gasteiger charge is 2.56. The minimum Gasteiger partial charge on any atom is -0.497 e. The van der Waals surface area contributed by atoms with Crippen molar-refractivity contribution < 1.29 is 14.6 Å². The van der Waals surface area contributed by atoms with Crippen molar-refractivity contribution in [1.29, 1.82) is 0 Å². The highest BCUT2D eigenvalue weighted by atomic mass is 16.5. The van der Waals surface area contributed by atoms with Crippen molar-refractivity contribution in [2.24, 2.45) is 5.41 Å². The van der Waals surface area contributed by atoms with Crippen molar-refractivity contribution in [2.45, 2.75) is 19.3 Å². The van der Waals surface area contributed by atoms with Gasteiger partial charge in [-0.2, -0.15) is 0 Å². The number of carboxylic acids is 1. The summed E-state index contributed by atoms with van der Waals surface area (Å²) in [6.07, 6.45) is 0.731. The van der Waals surface area contributed by atoms with E-state index in [1.165, 1.54) is 0 Å². The number of carboxylic acid groups (broad SMARTS) is 1. The molecule has 0 heterocycles. The van der Waals surface area contributed by atoms with Crippen LogP contribution in [-0.4, -0.2) is 18.2 Å². The quantitative estimate of drug-likeness (QED) is 0.825. The average Bonchev–Trinajstić information content (AvgIpc) is 2.93. The van der Waals surface area contributed by atoms with Gasteiger partial charge in [0, 0.05) is 5.92 Å². The lowest BCUT2D eigenvalue weighted by Crippen LogP contribution is -2.12. The summed E-state index contributed by atoms with van der Waals surface area (Å²) in [4.78, 5) is 11.0. The van der Waals surface area contributed by atoms with E-state index in [0.29, 0.717) is 0 Å². The summed E-state index contributed by atoms with van der Waals surface area (Å²) in [6, 6.07) is 7.63. The van der Waals surface area contributed by atoms with E-state index >= 15 is 0 Å². The van der Waals surface area contributed by atoms with Gasteiger partial charge in [0.05, 0.1) is 12.5 Å². The molecular weight excluding hydrogens is 192 g/mol. The molecule has 1 aromatic rings. The molecule has 0 saturated heterocycles. The standard InChI is InChI=1S/C12H14O3/c1-12(11(13)14)7-10(12)8-3-5-9(15-2)6-4-8/h3-6,10H,7H2,1-2H3,(H,13,14)/t10-,12+/m0/s1. The number of ether oxygens (including phenoxy) is 1. The van der Waals surface area contributed by atoms with Crippen LogP contribution >= 0.6 is 0 Å². The predicted octanol–water partition coefficient (Wildman–Crippen LogP) is 2.27. The fraction of sp³-hybridized carbons (Fsp3) is 0.417. The van der Waals surface area contributed by atoms with Crippen molar-refractivity contribution in [3.63, 3.8) is 0 Å². The topological polar surface area (TPSA) is 46.5 Å². The maximum absolute atomic E-state index is 11.0. The van der Waals surface area contributed by atoms with Gasteiger partial charge in [-0.15, -0.1) is 0 Å². The summed E-state index contributed by atoms with van der Waals surface area (Å²) in [7, 11) is 1.62. The van der Waals surface area contributed by atoms with Crippen LogP contribution in [0.15, 0.2) is 24.3 Å². The first-order valence-electron chi connectivity index (χ1n) is 4.95. The zero-order chi connectivity index (χ0) is 11.1. The number of benzene rings is 1. The normalized spacial score (nSPS) is 28.5. The van der Waals surface area contributed by atoms with E-state index in [9.17, 15) is 4.79 Å². The molecule has 80 valence electrons. The van der Waals surface area contributed by atoms with E-state index in [1.54, 1.807) is 14.0 Å². The predicted molar refractivity (Wildman–Crippen MR) is 56.1 cm³/mol. The monoisotopic (exact) mass is 206 g/mol. The molecule has 0 radical (unpaired) electrons. The number of hydrogen-bond donors (Lipinski definition) is 1. The molecule has 0 aliphatic heterocycles. The Morgan fingerprint density at radius 2 is 2.07 bits per heavy atom. The Labute approximate surface area is 88.7 Å². The minimum absolute atomic E-state index is 0.154. The lowest BCUT2D eigenvalue weighted by molar-refractivity contribution is -0.142. The largest absolute Gasteiger partial charge is 0.497 e. The van der Waals surface area contributed by atoms with Crippen molar-refractivity contribution in [3.05, 3.63) is 29.8 Å². The second kappa shape index (κ2) is 3.26. The molecule has 1 aromatic carbocycles. The summed E-state index contributed by atoms with van der Waals surface area (Å²) in [5.41, 5.74) is 0.523. The SMILES string of the molecule is COc1ccc([C@@H]2C[C@@]2(C)C(=O)O)cc1. The summed E-state index contributed by atoms with van der Waals surface area (Å²) < 4.78 is 5.05. The second-order valence-electron chi connectivity index (χ2n) is 4.25. The Morgan fingerprint density at radius 3 is 2.47 bits per heavy atom. The fourth-order valence-corrected chi connectivity index (χ4v) is 1.92. The fourth-order valence-electron chi connectivity index (χ4n) is 1.92. The maximum Gasteiger partial charge on any atom is 0.309 e. The van der Waals surface area contributed by atoms with Crippen molar-refractivity contribution >= 4 is 5.97 Å². The number of rotatable bonds is 3. The van der Waals surface area contributed by atoms with Crippen LogP contribution in [0.2, 0.25) is 0 Å². The Hall–Kier alpha value is -1.51. The second-order valence-corrected chi connectivity index (χ2v) is 4.25. The number of methoxy groups -OCH3 is 1. The van der Waals surface area contributed by atoms with Gasteiger partial charge in [0.25, 0.3) is 0 Å². The molecule has 3 heteroatoms. The maximum atomic E-state index is 11.0. The molecule has 1 N–H and O–H groups in total. The molecule has 15 heavy (non-hydrogen) atoms. The third kappa shape index (κ3) is 1.58. The summed E-state index contributed by atoms with van der Waals surface area (Å²) in [5, 5.41) is 9.02. The van der Waals surface area contributed by atoms with E-state index in [0.717, 1.165) is 17.7 Å². The number of aliphatic carboxylic acids is 1. The van der Waals surface area contributed by atoms with Gasteiger partial charge in [0.1, 0.15) is 5.75 Å². The summed E-state index contributed by atoms with van der Waals surface area (Å²) in [6.45, 7) is 1.80. The van der Waals surface area contributed by atoms with Crippen LogP contribution in [0.5, 0.6) is 5.75 Å². The van der Waals surface area contributed by atoms with Crippen LogP contribution in [0.1, 0.15) is 24.8 Å². The molecule has 0 bridgehead atoms. The Morgan fingerprint density at radius 1 is 1.47 bits per heavy atom. The van der Waals surface area contributed by atoms with Gasteiger partial charge in [-0.3, -0.25) is 4.79 Å². The molecule has 2 rings (SSSR count). The van der Waals surface area contributed by atoms with E-state index < -0.39 is 11.4 Å². The van der Waals surface area contributed by atoms with E-state index in [2.05, 4.69) is 0 Å². The van der Waals surface area contributed by atoms with E-state index in [4.69, 9.17) is 9.84 Å². The molecular formula is C12H14O3. The van der Waals surface area contributed by atoms with Gasteiger partial charge in [0.2, 0.25) is 0 Å². The highest BCUT2D eigenvalue weighted by Crippen LogP contribution is 2.59. The molecule has 0 amide bonds. The third-order valence-corrected chi connectivity index (χ3v) is 3.24. The lowest BCUT2D eigenvalue weighted by Gasteiger charge is -2.06. The average molecular weight is 206 g/mol. The molecule has 1 aliphatic carbocycles. The highest BCUT2D eigenvalue weighted by molar-refractivity contribution is 5.80. The Balaban J connectivity index is 2.16. The molecule has 1 aliphatic rings. The first kappa shape index (κ1) is 10.0. The molecule has 1 saturated carbocycles. The van der Waals surface area contributed by atoms with E-state index in [-0.39, 0.29) is 5.92 Å². The molecule has 0 aromatic heterocycles. The Kier molecular flexibility index (Phi) is 2.18.